The molecule has 1 aliphatic rings. The van der Waals surface area contributed by atoms with Gasteiger partial charge in [0.2, 0.25) is 0 Å². The Kier molecular flexibility index (Phi) is 4.11. The Bertz CT molecular complexity index is 378. The van der Waals surface area contributed by atoms with Crippen molar-refractivity contribution in [2.45, 2.75) is 6.54 Å². The van der Waals surface area contributed by atoms with Crippen LogP contribution in [0, 0.1) is 0 Å². The maximum absolute atomic E-state index is 3.79. The minimum Gasteiger partial charge on any atom is -0.380 e. The monoisotopic (exact) mass is 220 g/mol. The zero-order valence-corrected chi connectivity index (χ0v) is 9.28. The standard InChI is InChI=1S/C13H16N2.FH/c1-3-8-15(9-4-2)13-7-5-6-12-11(13)10-14-12;/h3-7,14H,1-2,8-10H2;1H. The van der Waals surface area contributed by atoms with Gasteiger partial charge in [0.1, 0.15) is 0 Å². The summed E-state index contributed by atoms with van der Waals surface area (Å²) < 4.78 is 0. The molecule has 0 bridgehead atoms. The quantitative estimate of drug-likeness (QED) is 0.767. The summed E-state index contributed by atoms with van der Waals surface area (Å²) in [6, 6.07) is 6.36. The second-order valence-corrected chi connectivity index (χ2v) is 3.64. The highest BCUT2D eigenvalue weighted by Crippen LogP contribution is 2.34. The highest BCUT2D eigenvalue weighted by Gasteiger charge is 2.18. The highest BCUT2D eigenvalue weighted by molar-refractivity contribution is 5.72. The molecule has 1 aliphatic heterocycles. The maximum atomic E-state index is 3.79. The first kappa shape index (κ1) is 12.3. The Hall–Kier alpha value is -1.77. The fraction of sp³-hybridized carbons (Fsp3) is 0.231. The number of rotatable bonds is 5. The number of anilines is 2. The lowest BCUT2D eigenvalue weighted by molar-refractivity contribution is 0.923. The molecule has 0 radical (unpaired) electrons. The van der Waals surface area contributed by atoms with Crippen LogP contribution in [0.4, 0.5) is 16.1 Å². The van der Waals surface area contributed by atoms with Crippen LogP contribution < -0.4 is 10.2 Å². The molecule has 0 saturated carbocycles. The van der Waals surface area contributed by atoms with Crippen molar-refractivity contribution >= 4 is 11.4 Å². The number of halogens is 1. The molecular weight excluding hydrogens is 203 g/mol. The van der Waals surface area contributed by atoms with Gasteiger partial charge in [-0.15, -0.1) is 13.2 Å². The predicted molar refractivity (Wildman–Crippen MR) is 68.9 cm³/mol. The van der Waals surface area contributed by atoms with E-state index in [4.69, 9.17) is 0 Å². The molecule has 16 heavy (non-hydrogen) atoms. The van der Waals surface area contributed by atoms with Crippen LogP contribution in [-0.2, 0) is 6.54 Å². The first-order chi connectivity index (χ1) is 7.36. The van der Waals surface area contributed by atoms with E-state index in [9.17, 15) is 0 Å². The first-order valence-corrected chi connectivity index (χ1v) is 5.19. The van der Waals surface area contributed by atoms with Gasteiger partial charge in [-0.3, -0.25) is 4.70 Å². The summed E-state index contributed by atoms with van der Waals surface area (Å²) in [4.78, 5) is 2.28. The van der Waals surface area contributed by atoms with Crippen LogP contribution in [0.5, 0.6) is 0 Å². The molecule has 0 fully saturated rings. The summed E-state index contributed by atoms with van der Waals surface area (Å²) in [6.07, 6.45) is 3.85. The third-order valence-corrected chi connectivity index (χ3v) is 2.65. The van der Waals surface area contributed by atoms with E-state index in [0.29, 0.717) is 0 Å². The van der Waals surface area contributed by atoms with Gasteiger partial charge in [0, 0.05) is 36.6 Å². The van der Waals surface area contributed by atoms with Crippen molar-refractivity contribution in [1.82, 2.24) is 0 Å². The molecule has 3 heteroatoms. The summed E-state index contributed by atoms with van der Waals surface area (Å²) in [5.74, 6) is 0. The van der Waals surface area contributed by atoms with E-state index in [1.165, 1.54) is 16.9 Å². The molecule has 0 amide bonds. The Morgan fingerprint density at radius 1 is 1.25 bits per heavy atom. The molecule has 1 aromatic rings. The largest absolute Gasteiger partial charge is 0.380 e. The summed E-state index contributed by atoms with van der Waals surface area (Å²) in [5, 5.41) is 3.29. The molecule has 0 atom stereocenters. The zero-order chi connectivity index (χ0) is 10.7. The van der Waals surface area contributed by atoms with Crippen LogP contribution in [0.3, 0.4) is 0 Å². The number of benzene rings is 1. The summed E-state index contributed by atoms with van der Waals surface area (Å²) >= 11 is 0. The Morgan fingerprint density at radius 2 is 1.94 bits per heavy atom. The van der Waals surface area contributed by atoms with Crippen molar-refractivity contribution in [3.8, 4) is 0 Å². The number of nitrogens with one attached hydrogen (secondary N) is 1. The lowest BCUT2D eigenvalue weighted by atomic mass is 10.0. The minimum absolute atomic E-state index is 0. The normalized spacial score (nSPS) is 11.2. The molecule has 2 rings (SSSR count). The van der Waals surface area contributed by atoms with Gasteiger partial charge in [-0.05, 0) is 12.1 Å². The summed E-state index contributed by atoms with van der Waals surface area (Å²) in [7, 11) is 0. The van der Waals surface area contributed by atoms with Gasteiger partial charge in [0.05, 0.1) is 0 Å². The Labute approximate surface area is 95.6 Å². The van der Waals surface area contributed by atoms with Gasteiger partial charge in [0.15, 0.2) is 0 Å². The van der Waals surface area contributed by atoms with Gasteiger partial charge in [-0.1, -0.05) is 18.2 Å². The topological polar surface area (TPSA) is 15.3 Å². The van der Waals surface area contributed by atoms with E-state index in [0.717, 1.165) is 19.6 Å². The number of hydrogen-bond acceptors (Lipinski definition) is 2. The summed E-state index contributed by atoms with van der Waals surface area (Å²) in [6.45, 7) is 10.3. The van der Waals surface area contributed by atoms with Crippen molar-refractivity contribution in [3.05, 3.63) is 49.1 Å². The molecule has 2 nitrogen and oxygen atoms in total. The second-order valence-electron chi connectivity index (χ2n) is 3.64. The average molecular weight is 220 g/mol. The van der Waals surface area contributed by atoms with E-state index >= 15 is 0 Å². The Morgan fingerprint density at radius 3 is 2.44 bits per heavy atom. The van der Waals surface area contributed by atoms with E-state index in [2.05, 4.69) is 41.6 Å². The molecule has 1 aromatic carbocycles. The Balaban J connectivity index is 0.00000128. The number of hydrogen-bond donors (Lipinski definition) is 1. The van der Waals surface area contributed by atoms with E-state index in [-0.39, 0.29) is 4.70 Å². The van der Waals surface area contributed by atoms with Crippen molar-refractivity contribution < 1.29 is 4.70 Å². The molecule has 0 spiro atoms. The molecule has 86 valence electrons. The van der Waals surface area contributed by atoms with E-state index in [1.807, 2.05) is 12.2 Å². The molecule has 1 N–H and O–H groups in total. The van der Waals surface area contributed by atoms with Crippen LogP contribution in [0.1, 0.15) is 5.56 Å². The smallest absolute Gasteiger partial charge is 0.0443 e. The average Bonchev–Trinajstić information content (AvgIpc) is 2.19. The van der Waals surface area contributed by atoms with Crippen molar-refractivity contribution in [1.29, 1.82) is 0 Å². The van der Waals surface area contributed by atoms with Crippen molar-refractivity contribution in [2.75, 3.05) is 23.3 Å². The van der Waals surface area contributed by atoms with Crippen molar-refractivity contribution in [2.24, 2.45) is 0 Å². The van der Waals surface area contributed by atoms with Gasteiger partial charge < -0.3 is 10.2 Å². The molecular formula is C13H17FN2. The minimum atomic E-state index is 0. The molecule has 0 aliphatic carbocycles. The highest BCUT2D eigenvalue weighted by atomic mass is 19.0. The second kappa shape index (κ2) is 5.35. The molecule has 0 saturated heterocycles. The summed E-state index contributed by atoms with van der Waals surface area (Å²) in [5.41, 5.74) is 3.96. The first-order valence-electron chi connectivity index (χ1n) is 5.19. The third-order valence-electron chi connectivity index (χ3n) is 2.65. The van der Waals surface area contributed by atoms with E-state index < -0.39 is 0 Å². The number of nitrogens with zero attached hydrogens (tertiary/aromatic N) is 1. The van der Waals surface area contributed by atoms with Crippen LogP contribution in [0.2, 0.25) is 0 Å². The lowest BCUT2D eigenvalue weighted by Gasteiger charge is -2.31. The molecule has 1 heterocycles. The predicted octanol–water partition coefficient (Wildman–Crippen LogP) is 2.94. The van der Waals surface area contributed by atoms with E-state index in [1.54, 1.807) is 0 Å². The zero-order valence-electron chi connectivity index (χ0n) is 9.28. The maximum Gasteiger partial charge on any atom is 0.0443 e. The third kappa shape index (κ3) is 2.08. The lowest BCUT2D eigenvalue weighted by Crippen LogP contribution is -2.27. The fourth-order valence-electron chi connectivity index (χ4n) is 1.88. The van der Waals surface area contributed by atoms with Gasteiger partial charge in [-0.2, -0.15) is 0 Å². The van der Waals surface area contributed by atoms with Crippen molar-refractivity contribution in [3.63, 3.8) is 0 Å². The van der Waals surface area contributed by atoms with Gasteiger partial charge in [0.25, 0.3) is 0 Å². The van der Waals surface area contributed by atoms with Crippen LogP contribution in [0.15, 0.2) is 43.5 Å². The molecule has 0 aromatic heterocycles. The van der Waals surface area contributed by atoms with Crippen LogP contribution in [-0.4, -0.2) is 13.1 Å². The van der Waals surface area contributed by atoms with Crippen LogP contribution >= 0.6 is 0 Å². The SMILES string of the molecule is C=CCN(CC=C)c1cccc2c1CN2.F. The van der Waals surface area contributed by atoms with Gasteiger partial charge in [-0.25, -0.2) is 0 Å². The number of fused-ring (bicyclic) bond motifs is 1. The fourth-order valence-corrected chi connectivity index (χ4v) is 1.88. The molecule has 0 unspecified atom stereocenters. The van der Waals surface area contributed by atoms with Gasteiger partial charge >= 0.3 is 0 Å². The van der Waals surface area contributed by atoms with Crippen LogP contribution in [0.25, 0.3) is 0 Å².